The summed E-state index contributed by atoms with van der Waals surface area (Å²) in [6.07, 6.45) is 1.96. The lowest BCUT2D eigenvalue weighted by Crippen LogP contribution is -2.34. The van der Waals surface area contributed by atoms with Crippen LogP contribution in [-0.2, 0) is 0 Å². The number of halogens is 1. The van der Waals surface area contributed by atoms with Crippen LogP contribution in [0.1, 0.15) is 42.9 Å². The van der Waals surface area contributed by atoms with E-state index >= 15 is 0 Å². The highest BCUT2D eigenvalue weighted by Crippen LogP contribution is 2.21. The number of carbonyl (C=O) groups is 1. The van der Waals surface area contributed by atoms with E-state index in [2.05, 4.69) is 24.1 Å². The van der Waals surface area contributed by atoms with E-state index < -0.39 is 0 Å². The van der Waals surface area contributed by atoms with Crippen molar-refractivity contribution in [2.24, 2.45) is 5.41 Å². The van der Waals surface area contributed by atoms with Gasteiger partial charge in [-0.25, -0.2) is 4.98 Å². The molecule has 1 aromatic heterocycles. The molecule has 0 saturated carbocycles. The SMILES string of the molecule is Cc1cccc(C(=O)NCC(C)(C)CCCCl)n1. The molecule has 18 heavy (non-hydrogen) atoms. The van der Waals surface area contributed by atoms with Crippen LogP contribution in [0.4, 0.5) is 0 Å². The van der Waals surface area contributed by atoms with Gasteiger partial charge in [0.25, 0.3) is 5.91 Å². The summed E-state index contributed by atoms with van der Waals surface area (Å²) in [5, 5.41) is 2.93. The van der Waals surface area contributed by atoms with Crippen LogP contribution < -0.4 is 5.32 Å². The van der Waals surface area contributed by atoms with Crippen molar-refractivity contribution in [2.45, 2.75) is 33.6 Å². The molecule has 1 N–H and O–H groups in total. The third-order valence-corrected chi connectivity index (χ3v) is 3.10. The molecule has 0 bridgehead atoms. The summed E-state index contributed by atoms with van der Waals surface area (Å²) in [5.74, 6) is 0.550. The lowest BCUT2D eigenvalue weighted by Gasteiger charge is -2.24. The van der Waals surface area contributed by atoms with Gasteiger partial charge in [-0.15, -0.1) is 11.6 Å². The standard InChI is InChI=1S/C14H21ClN2O/c1-11-6-4-7-12(17-11)13(18)16-10-14(2,3)8-5-9-15/h4,6-7H,5,8-10H2,1-3H3,(H,16,18). The Labute approximate surface area is 114 Å². The van der Waals surface area contributed by atoms with E-state index in [1.165, 1.54) is 0 Å². The van der Waals surface area contributed by atoms with Gasteiger partial charge in [0.2, 0.25) is 0 Å². The van der Waals surface area contributed by atoms with Crippen molar-refractivity contribution >= 4 is 17.5 Å². The molecular formula is C14H21ClN2O. The largest absolute Gasteiger partial charge is 0.350 e. The Morgan fingerprint density at radius 2 is 2.17 bits per heavy atom. The van der Waals surface area contributed by atoms with Crippen LogP contribution in [0.5, 0.6) is 0 Å². The fourth-order valence-electron chi connectivity index (χ4n) is 1.71. The van der Waals surface area contributed by atoms with Gasteiger partial charge >= 0.3 is 0 Å². The summed E-state index contributed by atoms with van der Waals surface area (Å²) in [6, 6.07) is 5.45. The van der Waals surface area contributed by atoms with E-state index in [0.29, 0.717) is 18.1 Å². The second-order valence-corrected chi connectivity index (χ2v) is 5.68. The monoisotopic (exact) mass is 268 g/mol. The van der Waals surface area contributed by atoms with Crippen molar-refractivity contribution in [3.8, 4) is 0 Å². The van der Waals surface area contributed by atoms with Crippen LogP contribution in [0.2, 0.25) is 0 Å². The Kier molecular flexibility index (Phi) is 5.60. The maximum Gasteiger partial charge on any atom is 0.269 e. The second kappa shape index (κ2) is 6.74. The number of alkyl halides is 1. The third-order valence-electron chi connectivity index (χ3n) is 2.84. The highest BCUT2D eigenvalue weighted by molar-refractivity contribution is 6.17. The van der Waals surface area contributed by atoms with Gasteiger partial charge in [0.05, 0.1) is 0 Å². The number of rotatable bonds is 6. The molecule has 0 aliphatic heterocycles. The molecule has 0 fully saturated rings. The summed E-state index contributed by atoms with van der Waals surface area (Å²) in [4.78, 5) is 16.1. The first-order chi connectivity index (χ1) is 8.44. The number of nitrogens with one attached hydrogen (secondary N) is 1. The molecule has 1 aromatic rings. The zero-order chi connectivity index (χ0) is 13.6. The number of aryl methyl sites for hydroxylation is 1. The fraction of sp³-hybridized carbons (Fsp3) is 0.571. The maximum absolute atomic E-state index is 11.9. The quantitative estimate of drug-likeness (QED) is 0.806. The second-order valence-electron chi connectivity index (χ2n) is 5.30. The van der Waals surface area contributed by atoms with Crippen LogP contribution >= 0.6 is 11.6 Å². The lowest BCUT2D eigenvalue weighted by atomic mass is 9.88. The van der Waals surface area contributed by atoms with Gasteiger partial charge in [-0.3, -0.25) is 4.79 Å². The highest BCUT2D eigenvalue weighted by Gasteiger charge is 2.19. The van der Waals surface area contributed by atoms with Gasteiger partial charge in [-0.2, -0.15) is 0 Å². The molecule has 1 rings (SSSR count). The Morgan fingerprint density at radius 1 is 1.44 bits per heavy atom. The fourth-order valence-corrected chi connectivity index (χ4v) is 1.85. The van der Waals surface area contributed by atoms with Crippen molar-refractivity contribution < 1.29 is 4.79 Å². The Hall–Kier alpha value is -1.09. The molecule has 0 saturated heterocycles. The summed E-state index contributed by atoms with van der Waals surface area (Å²) in [7, 11) is 0. The van der Waals surface area contributed by atoms with E-state index in [-0.39, 0.29) is 11.3 Å². The lowest BCUT2D eigenvalue weighted by molar-refractivity contribution is 0.0929. The number of amides is 1. The van der Waals surface area contributed by atoms with Gasteiger partial charge in [-0.1, -0.05) is 19.9 Å². The molecule has 0 unspecified atom stereocenters. The van der Waals surface area contributed by atoms with Crippen LogP contribution in [0, 0.1) is 12.3 Å². The molecule has 4 heteroatoms. The zero-order valence-corrected chi connectivity index (χ0v) is 12.0. The van der Waals surface area contributed by atoms with Gasteiger partial charge in [0, 0.05) is 18.1 Å². The maximum atomic E-state index is 11.9. The predicted molar refractivity (Wildman–Crippen MR) is 75.0 cm³/mol. The van der Waals surface area contributed by atoms with Crippen molar-refractivity contribution in [1.82, 2.24) is 10.3 Å². The highest BCUT2D eigenvalue weighted by atomic mass is 35.5. The minimum atomic E-state index is -0.113. The van der Waals surface area contributed by atoms with E-state index in [4.69, 9.17) is 11.6 Å². The van der Waals surface area contributed by atoms with Gasteiger partial charge in [0.1, 0.15) is 5.69 Å². The van der Waals surface area contributed by atoms with Crippen LogP contribution in [0.3, 0.4) is 0 Å². The minimum absolute atomic E-state index is 0.0639. The number of pyridine rings is 1. The van der Waals surface area contributed by atoms with Crippen molar-refractivity contribution in [3.63, 3.8) is 0 Å². The van der Waals surface area contributed by atoms with E-state index in [9.17, 15) is 4.79 Å². The van der Waals surface area contributed by atoms with Gasteiger partial charge in [0.15, 0.2) is 0 Å². The Bertz CT molecular complexity index is 405. The smallest absolute Gasteiger partial charge is 0.269 e. The molecule has 0 radical (unpaired) electrons. The first kappa shape index (κ1) is 15.0. The molecule has 0 aromatic carbocycles. The normalized spacial score (nSPS) is 11.3. The number of carbonyl (C=O) groups excluding carboxylic acids is 1. The average molecular weight is 269 g/mol. The molecule has 100 valence electrons. The molecule has 3 nitrogen and oxygen atoms in total. The van der Waals surface area contributed by atoms with Crippen LogP contribution in [-0.4, -0.2) is 23.3 Å². The number of hydrogen-bond donors (Lipinski definition) is 1. The van der Waals surface area contributed by atoms with Crippen LogP contribution in [0.25, 0.3) is 0 Å². The molecule has 0 spiro atoms. The predicted octanol–water partition coefficient (Wildman–Crippen LogP) is 3.17. The van der Waals surface area contributed by atoms with Crippen molar-refractivity contribution in [1.29, 1.82) is 0 Å². The van der Waals surface area contributed by atoms with Crippen molar-refractivity contribution in [3.05, 3.63) is 29.6 Å². The number of nitrogens with zero attached hydrogens (tertiary/aromatic N) is 1. The molecule has 1 amide bonds. The minimum Gasteiger partial charge on any atom is -0.350 e. The Balaban J connectivity index is 2.50. The Morgan fingerprint density at radius 3 is 2.78 bits per heavy atom. The van der Waals surface area contributed by atoms with Crippen molar-refractivity contribution in [2.75, 3.05) is 12.4 Å². The molecule has 0 atom stereocenters. The third kappa shape index (κ3) is 5.05. The topological polar surface area (TPSA) is 42.0 Å². The summed E-state index contributed by atoms with van der Waals surface area (Å²) in [5.41, 5.74) is 1.39. The molecular weight excluding hydrogens is 248 g/mol. The first-order valence-corrected chi connectivity index (χ1v) is 6.76. The summed E-state index contributed by atoms with van der Waals surface area (Å²) in [6.45, 7) is 6.77. The van der Waals surface area contributed by atoms with Crippen LogP contribution in [0.15, 0.2) is 18.2 Å². The van der Waals surface area contributed by atoms with E-state index in [1.54, 1.807) is 6.07 Å². The number of hydrogen-bond acceptors (Lipinski definition) is 2. The average Bonchev–Trinajstić information content (AvgIpc) is 2.34. The summed E-state index contributed by atoms with van der Waals surface area (Å²) < 4.78 is 0. The first-order valence-electron chi connectivity index (χ1n) is 6.22. The van der Waals surface area contributed by atoms with E-state index in [0.717, 1.165) is 18.5 Å². The number of aromatic nitrogens is 1. The molecule has 0 aliphatic rings. The zero-order valence-electron chi connectivity index (χ0n) is 11.3. The molecule has 0 aliphatic carbocycles. The van der Waals surface area contributed by atoms with Gasteiger partial charge in [-0.05, 0) is 37.3 Å². The van der Waals surface area contributed by atoms with Gasteiger partial charge < -0.3 is 5.32 Å². The van der Waals surface area contributed by atoms with E-state index in [1.807, 2.05) is 19.1 Å². The molecule has 1 heterocycles. The summed E-state index contributed by atoms with van der Waals surface area (Å²) >= 11 is 5.69.